The van der Waals surface area contributed by atoms with Crippen LogP contribution in [0.3, 0.4) is 0 Å². The first-order valence-electron chi connectivity index (χ1n) is 17.4. The normalized spacial score (nSPS) is 12.6. The molecule has 1 aromatic heterocycles. The van der Waals surface area contributed by atoms with Crippen LogP contribution in [-0.4, -0.2) is 4.57 Å². The summed E-state index contributed by atoms with van der Waals surface area (Å²) in [5.41, 5.74) is 9.62. The summed E-state index contributed by atoms with van der Waals surface area (Å²) < 4.78 is 2.41. The second-order valence-electron chi connectivity index (χ2n) is 13.3. The van der Waals surface area contributed by atoms with E-state index in [1.54, 1.807) is 0 Å². The standard InChI is InChI=1S/C48H30N2S/c1-2-12-31(13-3-1)32-22-25-37-35-14-4-5-15-36(35)38-26-23-33(29-42(38)41(37)28-32)50-45-20-10-11-21-47(45)51-48-30-34(24-27-46(48)50)49-43-18-8-6-16-39(43)40-17-7-9-19-44(40)49/h1-30H. The van der Waals surface area contributed by atoms with Crippen LogP contribution in [-0.2, 0) is 0 Å². The van der Waals surface area contributed by atoms with Gasteiger partial charge in [-0.15, -0.1) is 0 Å². The minimum Gasteiger partial charge on any atom is -0.309 e. The molecule has 238 valence electrons. The van der Waals surface area contributed by atoms with Crippen LogP contribution in [0.2, 0.25) is 0 Å². The van der Waals surface area contributed by atoms with Crippen LogP contribution in [0.4, 0.5) is 17.1 Å². The third-order valence-electron chi connectivity index (χ3n) is 10.5. The molecule has 51 heavy (non-hydrogen) atoms. The van der Waals surface area contributed by atoms with E-state index in [0.717, 1.165) is 5.69 Å². The van der Waals surface area contributed by atoms with Gasteiger partial charge in [0.15, 0.2) is 0 Å². The molecule has 10 aromatic rings. The van der Waals surface area contributed by atoms with Crippen molar-refractivity contribution < 1.29 is 0 Å². The molecule has 3 heteroatoms. The van der Waals surface area contributed by atoms with Gasteiger partial charge in [-0.3, -0.25) is 0 Å². The molecule has 0 bridgehead atoms. The number of hydrogen-bond donors (Lipinski definition) is 0. The molecular weight excluding hydrogens is 637 g/mol. The van der Waals surface area contributed by atoms with Gasteiger partial charge in [0.2, 0.25) is 0 Å². The van der Waals surface area contributed by atoms with E-state index in [-0.39, 0.29) is 0 Å². The van der Waals surface area contributed by atoms with E-state index in [2.05, 4.69) is 191 Å². The first kappa shape index (κ1) is 28.5. The highest BCUT2D eigenvalue weighted by Gasteiger charge is 2.26. The van der Waals surface area contributed by atoms with Crippen molar-refractivity contribution in [3.63, 3.8) is 0 Å². The van der Waals surface area contributed by atoms with Crippen molar-refractivity contribution in [1.82, 2.24) is 4.57 Å². The molecule has 0 saturated carbocycles. The second kappa shape index (κ2) is 11.1. The van der Waals surface area contributed by atoms with Gasteiger partial charge in [0, 0.05) is 31.9 Å². The lowest BCUT2D eigenvalue weighted by molar-refractivity contribution is 1.12. The Kier molecular flexibility index (Phi) is 6.22. The highest BCUT2D eigenvalue weighted by Crippen LogP contribution is 2.53. The van der Waals surface area contributed by atoms with E-state index in [4.69, 9.17) is 0 Å². The largest absolute Gasteiger partial charge is 0.309 e. The lowest BCUT2D eigenvalue weighted by Gasteiger charge is -2.33. The Labute approximate surface area is 299 Å². The van der Waals surface area contributed by atoms with E-state index in [0.29, 0.717) is 0 Å². The Morgan fingerprint density at radius 3 is 1.61 bits per heavy atom. The summed E-state index contributed by atoms with van der Waals surface area (Å²) in [7, 11) is 0. The third-order valence-corrected chi connectivity index (χ3v) is 11.6. The number of rotatable bonds is 3. The number of benzene rings is 9. The molecule has 1 aliphatic rings. The fourth-order valence-electron chi connectivity index (χ4n) is 8.26. The van der Waals surface area contributed by atoms with E-state index in [1.165, 1.54) is 92.1 Å². The van der Waals surface area contributed by atoms with E-state index >= 15 is 0 Å². The molecule has 0 amide bonds. The van der Waals surface area contributed by atoms with Crippen LogP contribution in [0.25, 0.3) is 70.9 Å². The zero-order chi connectivity index (χ0) is 33.5. The molecule has 0 radical (unpaired) electrons. The number of anilines is 3. The molecule has 0 N–H and O–H groups in total. The van der Waals surface area contributed by atoms with E-state index < -0.39 is 0 Å². The summed E-state index contributed by atoms with van der Waals surface area (Å²) in [5.74, 6) is 0. The monoisotopic (exact) mass is 666 g/mol. The Hall–Kier alpha value is -6.29. The van der Waals surface area contributed by atoms with Crippen molar-refractivity contribution in [2.45, 2.75) is 9.79 Å². The molecule has 0 unspecified atom stereocenters. The lowest BCUT2D eigenvalue weighted by atomic mass is 9.91. The van der Waals surface area contributed by atoms with Gasteiger partial charge in [-0.1, -0.05) is 133 Å². The first-order chi connectivity index (χ1) is 25.3. The van der Waals surface area contributed by atoms with Crippen molar-refractivity contribution in [1.29, 1.82) is 0 Å². The zero-order valence-corrected chi connectivity index (χ0v) is 28.4. The van der Waals surface area contributed by atoms with Crippen molar-refractivity contribution in [3.05, 3.63) is 182 Å². The van der Waals surface area contributed by atoms with E-state index in [1.807, 2.05) is 11.8 Å². The lowest BCUT2D eigenvalue weighted by Crippen LogP contribution is -2.15. The summed E-state index contributed by atoms with van der Waals surface area (Å²) in [6.45, 7) is 0. The average Bonchev–Trinajstić information content (AvgIpc) is 3.54. The second-order valence-corrected chi connectivity index (χ2v) is 14.4. The van der Waals surface area contributed by atoms with Crippen LogP contribution < -0.4 is 4.90 Å². The minimum absolute atomic E-state index is 1.16. The Balaban J connectivity index is 1.14. The van der Waals surface area contributed by atoms with E-state index in [9.17, 15) is 0 Å². The Bertz CT molecular complexity index is 2960. The molecule has 11 rings (SSSR count). The van der Waals surface area contributed by atoms with Gasteiger partial charge < -0.3 is 9.47 Å². The number of fused-ring (bicyclic) bond motifs is 11. The highest BCUT2D eigenvalue weighted by molar-refractivity contribution is 7.99. The Morgan fingerprint density at radius 2 is 0.863 bits per heavy atom. The SMILES string of the molecule is c1ccc(-c2ccc3c4ccccc4c4ccc(N5c6ccccc6Sc6cc(-n7c8ccccc8c8ccccc87)ccc65)cc4c3c2)cc1. The van der Waals surface area contributed by atoms with Gasteiger partial charge in [-0.25, -0.2) is 0 Å². The van der Waals surface area contributed by atoms with Gasteiger partial charge in [-0.2, -0.15) is 0 Å². The number of nitrogens with zero attached hydrogens (tertiary/aromatic N) is 2. The van der Waals surface area contributed by atoms with Gasteiger partial charge in [-0.05, 0) is 104 Å². The predicted molar refractivity (Wildman–Crippen MR) is 218 cm³/mol. The molecular formula is C48H30N2S. The highest BCUT2D eigenvalue weighted by atomic mass is 32.2. The molecule has 9 aromatic carbocycles. The minimum atomic E-state index is 1.16. The number of hydrogen-bond acceptors (Lipinski definition) is 2. The average molecular weight is 667 g/mol. The summed E-state index contributed by atoms with van der Waals surface area (Å²) in [4.78, 5) is 4.94. The van der Waals surface area contributed by atoms with Gasteiger partial charge in [0.1, 0.15) is 0 Å². The summed E-state index contributed by atoms with van der Waals surface area (Å²) in [5, 5.41) is 10.2. The quantitative estimate of drug-likeness (QED) is 0.173. The maximum absolute atomic E-state index is 2.46. The van der Waals surface area contributed by atoms with Crippen molar-refractivity contribution >= 4 is 82.9 Å². The molecule has 2 nitrogen and oxygen atoms in total. The molecule has 2 heterocycles. The van der Waals surface area contributed by atoms with Crippen molar-refractivity contribution in [2.24, 2.45) is 0 Å². The molecule has 0 atom stereocenters. The fourth-order valence-corrected chi connectivity index (χ4v) is 9.35. The first-order valence-corrected chi connectivity index (χ1v) is 18.3. The summed E-state index contributed by atoms with van der Waals surface area (Å²) in [6.07, 6.45) is 0. The van der Waals surface area contributed by atoms with Crippen LogP contribution in [0, 0.1) is 0 Å². The molecule has 0 fully saturated rings. The van der Waals surface area contributed by atoms with Crippen LogP contribution in [0.15, 0.2) is 192 Å². The molecule has 0 aliphatic carbocycles. The topological polar surface area (TPSA) is 8.17 Å². The van der Waals surface area contributed by atoms with Crippen molar-refractivity contribution in [3.8, 4) is 16.8 Å². The van der Waals surface area contributed by atoms with Gasteiger partial charge in [0.05, 0.1) is 22.4 Å². The van der Waals surface area contributed by atoms with Gasteiger partial charge in [0.25, 0.3) is 0 Å². The third kappa shape index (κ3) is 4.32. The molecule has 0 spiro atoms. The maximum Gasteiger partial charge on any atom is 0.0603 e. The van der Waals surface area contributed by atoms with Crippen LogP contribution >= 0.6 is 11.8 Å². The molecule has 1 aliphatic heterocycles. The molecule has 0 saturated heterocycles. The van der Waals surface area contributed by atoms with Gasteiger partial charge >= 0.3 is 0 Å². The van der Waals surface area contributed by atoms with Crippen molar-refractivity contribution in [2.75, 3.05) is 4.90 Å². The number of aromatic nitrogens is 1. The smallest absolute Gasteiger partial charge is 0.0603 e. The summed E-state index contributed by atoms with van der Waals surface area (Å²) in [6, 6.07) is 66.8. The maximum atomic E-state index is 2.46. The number of para-hydroxylation sites is 3. The zero-order valence-electron chi connectivity index (χ0n) is 27.6. The predicted octanol–water partition coefficient (Wildman–Crippen LogP) is 13.8. The Morgan fingerprint density at radius 1 is 0.314 bits per heavy atom. The summed E-state index contributed by atoms with van der Waals surface area (Å²) >= 11 is 1.86. The van der Waals surface area contributed by atoms with Crippen LogP contribution in [0.1, 0.15) is 0 Å². The fraction of sp³-hybridized carbons (Fsp3) is 0. The van der Waals surface area contributed by atoms with Crippen LogP contribution in [0.5, 0.6) is 0 Å².